The molecule has 1 atom stereocenters. The van der Waals surface area contributed by atoms with Gasteiger partial charge in [-0.05, 0) is 32.1 Å². The average Bonchev–Trinajstić information content (AvgIpc) is 2.47. The van der Waals surface area contributed by atoms with Gasteiger partial charge in [-0.25, -0.2) is 0 Å². The Balaban J connectivity index is 2.73. The second-order valence-electron chi connectivity index (χ2n) is 4.53. The van der Waals surface area contributed by atoms with E-state index in [1.165, 1.54) is 0 Å². The molecular formula is C15H26N2O2. The van der Waals surface area contributed by atoms with E-state index in [9.17, 15) is 0 Å². The molecule has 0 aliphatic heterocycles. The number of nitrogens with two attached hydrogens (primary N) is 1. The van der Waals surface area contributed by atoms with Gasteiger partial charge in [0.25, 0.3) is 0 Å². The number of hydrogen-bond donors (Lipinski definition) is 1. The Labute approximate surface area is 116 Å². The van der Waals surface area contributed by atoms with Gasteiger partial charge in [-0.1, -0.05) is 19.9 Å². The monoisotopic (exact) mass is 266 g/mol. The lowest BCUT2D eigenvalue weighted by atomic mass is 10.0. The van der Waals surface area contributed by atoms with Crippen LogP contribution in [0.5, 0.6) is 11.5 Å². The molecule has 0 spiro atoms. The second-order valence-corrected chi connectivity index (χ2v) is 4.53. The van der Waals surface area contributed by atoms with E-state index in [1.54, 1.807) is 14.2 Å². The summed E-state index contributed by atoms with van der Waals surface area (Å²) in [7, 11) is 3.31. The first-order valence-electron chi connectivity index (χ1n) is 6.86. The number of rotatable bonds is 8. The van der Waals surface area contributed by atoms with Crippen molar-refractivity contribution in [3.8, 4) is 11.5 Å². The van der Waals surface area contributed by atoms with Gasteiger partial charge in [0, 0.05) is 17.7 Å². The van der Waals surface area contributed by atoms with Crippen molar-refractivity contribution in [2.75, 3.05) is 33.9 Å². The molecule has 0 heterocycles. The summed E-state index contributed by atoms with van der Waals surface area (Å²) < 4.78 is 10.6. The molecule has 108 valence electrons. The predicted molar refractivity (Wildman–Crippen MR) is 78.9 cm³/mol. The summed E-state index contributed by atoms with van der Waals surface area (Å²) in [5.41, 5.74) is 7.31. The van der Waals surface area contributed by atoms with Gasteiger partial charge < -0.3 is 20.1 Å². The van der Waals surface area contributed by atoms with Crippen LogP contribution in [-0.2, 0) is 0 Å². The molecule has 2 N–H and O–H groups in total. The zero-order valence-corrected chi connectivity index (χ0v) is 12.5. The Morgan fingerprint density at radius 3 is 2.37 bits per heavy atom. The van der Waals surface area contributed by atoms with E-state index in [2.05, 4.69) is 18.7 Å². The van der Waals surface area contributed by atoms with E-state index < -0.39 is 0 Å². The lowest BCUT2D eigenvalue weighted by molar-refractivity contribution is 0.289. The Morgan fingerprint density at radius 2 is 1.84 bits per heavy atom. The molecule has 0 fully saturated rings. The minimum absolute atomic E-state index is 0.0125. The van der Waals surface area contributed by atoms with Gasteiger partial charge in [0.2, 0.25) is 0 Å². The molecule has 0 saturated heterocycles. The Hall–Kier alpha value is -1.26. The Bertz CT molecular complexity index is 378. The standard InChI is InChI=1S/C15H26N2O2/c1-5-17(6-2)10-9-14(16)13-8-7-12(18-3)11-15(13)19-4/h7-8,11,14H,5-6,9-10,16H2,1-4H3. The van der Waals surface area contributed by atoms with Crippen LogP contribution in [-0.4, -0.2) is 38.8 Å². The van der Waals surface area contributed by atoms with Crippen molar-refractivity contribution >= 4 is 0 Å². The lowest BCUT2D eigenvalue weighted by Crippen LogP contribution is -2.27. The summed E-state index contributed by atoms with van der Waals surface area (Å²) in [6.07, 6.45) is 0.921. The smallest absolute Gasteiger partial charge is 0.127 e. The van der Waals surface area contributed by atoms with Crippen molar-refractivity contribution < 1.29 is 9.47 Å². The lowest BCUT2D eigenvalue weighted by Gasteiger charge is -2.22. The number of methoxy groups -OCH3 is 2. The predicted octanol–water partition coefficient (Wildman–Crippen LogP) is 2.44. The largest absolute Gasteiger partial charge is 0.497 e. The SMILES string of the molecule is CCN(CC)CCC(N)c1ccc(OC)cc1OC. The molecule has 4 heteroatoms. The van der Waals surface area contributed by atoms with Gasteiger partial charge in [-0.3, -0.25) is 0 Å². The molecule has 0 aromatic heterocycles. The highest BCUT2D eigenvalue weighted by molar-refractivity contribution is 5.42. The fourth-order valence-corrected chi connectivity index (χ4v) is 2.14. The van der Waals surface area contributed by atoms with E-state index in [0.29, 0.717) is 0 Å². The summed E-state index contributed by atoms with van der Waals surface area (Å²) in [6.45, 7) is 7.46. The summed E-state index contributed by atoms with van der Waals surface area (Å²) in [4.78, 5) is 2.37. The van der Waals surface area contributed by atoms with Gasteiger partial charge in [0.1, 0.15) is 11.5 Å². The molecule has 1 rings (SSSR count). The van der Waals surface area contributed by atoms with Crippen molar-refractivity contribution in [3.63, 3.8) is 0 Å². The van der Waals surface area contributed by atoms with E-state index in [1.807, 2.05) is 18.2 Å². The van der Waals surface area contributed by atoms with E-state index in [0.717, 1.165) is 43.1 Å². The molecule has 0 bridgehead atoms. The normalized spacial score (nSPS) is 12.5. The zero-order valence-electron chi connectivity index (χ0n) is 12.5. The minimum atomic E-state index is -0.0125. The van der Waals surface area contributed by atoms with Crippen LogP contribution in [0.15, 0.2) is 18.2 Å². The number of benzene rings is 1. The first-order valence-corrected chi connectivity index (χ1v) is 6.86. The molecule has 0 aliphatic rings. The van der Waals surface area contributed by atoms with E-state index in [-0.39, 0.29) is 6.04 Å². The fourth-order valence-electron chi connectivity index (χ4n) is 2.14. The van der Waals surface area contributed by atoms with Crippen molar-refractivity contribution in [2.45, 2.75) is 26.3 Å². The molecule has 1 unspecified atom stereocenters. The average molecular weight is 266 g/mol. The molecule has 0 saturated carbocycles. The van der Waals surface area contributed by atoms with Crippen molar-refractivity contribution in [1.29, 1.82) is 0 Å². The minimum Gasteiger partial charge on any atom is -0.497 e. The molecule has 0 aliphatic carbocycles. The molecular weight excluding hydrogens is 240 g/mol. The number of hydrogen-bond acceptors (Lipinski definition) is 4. The molecule has 19 heavy (non-hydrogen) atoms. The van der Waals surface area contributed by atoms with Gasteiger partial charge in [-0.2, -0.15) is 0 Å². The van der Waals surface area contributed by atoms with E-state index in [4.69, 9.17) is 15.2 Å². The van der Waals surface area contributed by atoms with Crippen LogP contribution in [0.1, 0.15) is 31.9 Å². The van der Waals surface area contributed by atoms with Crippen molar-refractivity contribution in [2.24, 2.45) is 5.73 Å². The number of ether oxygens (including phenoxy) is 2. The Kier molecular flexibility index (Phi) is 6.67. The van der Waals surface area contributed by atoms with Gasteiger partial charge in [0.05, 0.1) is 14.2 Å². The van der Waals surface area contributed by atoms with Crippen LogP contribution in [0.3, 0.4) is 0 Å². The summed E-state index contributed by atoms with van der Waals surface area (Å²) >= 11 is 0. The molecule has 1 aromatic rings. The second kappa shape index (κ2) is 8.02. The first-order chi connectivity index (χ1) is 9.15. The zero-order chi connectivity index (χ0) is 14.3. The third-order valence-electron chi connectivity index (χ3n) is 3.49. The third-order valence-corrected chi connectivity index (χ3v) is 3.49. The molecule has 1 aromatic carbocycles. The Morgan fingerprint density at radius 1 is 1.16 bits per heavy atom. The van der Waals surface area contributed by atoms with Gasteiger partial charge >= 0.3 is 0 Å². The van der Waals surface area contributed by atoms with Crippen LogP contribution in [0.2, 0.25) is 0 Å². The highest BCUT2D eigenvalue weighted by Crippen LogP contribution is 2.29. The maximum Gasteiger partial charge on any atom is 0.127 e. The summed E-state index contributed by atoms with van der Waals surface area (Å²) in [6, 6.07) is 5.79. The maximum atomic E-state index is 6.27. The van der Waals surface area contributed by atoms with Crippen LogP contribution < -0.4 is 15.2 Å². The summed E-state index contributed by atoms with van der Waals surface area (Å²) in [5.74, 6) is 1.59. The van der Waals surface area contributed by atoms with Crippen LogP contribution in [0.25, 0.3) is 0 Å². The molecule has 0 amide bonds. The van der Waals surface area contributed by atoms with Crippen molar-refractivity contribution in [3.05, 3.63) is 23.8 Å². The van der Waals surface area contributed by atoms with Gasteiger partial charge in [-0.15, -0.1) is 0 Å². The van der Waals surface area contributed by atoms with Crippen LogP contribution >= 0.6 is 0 Å². The molecule has 4 nitrogen and oxygen atoms in total. The van der Waals surface area contributed by atoms with Crippen LogP contribution in [0.4, 0.5) is 0 Å². The van der Waals surface area contributed by atoms with Crippen LogP contribution in [0, 0.1) is 0 Å². The highest BCUT2D eigenvalue weighted by atomic mass is 16.5. The summed E-state index contributed by atoms with van der Waals surface area (Å²) in [5, 5.41) is 0. The quantitative estimate of drug-likeness (QED) is 0.785. The van der Waals surface area contributed by atoms with E-state index >= 15 is 0 Å². The topological polar surface area (TPSA) is 47.7 Å². The maximum absolute atomic E-state index is 6.27. The third kappa shape index (κ3) is 4.40. The number of nitrogens with zero attached hydrogens (tertiary/aromatic N) is 1. The fraction of sp³-hybridized carbons (Fsp3) is 0.600. The first kappa shape index (κ1) is 15.8. The highest BCUT2D eigenvalue weighted by Gasteiger charge is 2.13. The molecule has 0 radical (unpaired) electrons. The van der Waals surface area contributed by atoms with Crippen molar-refractivity contribution in [1.82, 2.24) is 4.90 Å². The van der Waals surface area contributed by atoms with Gasteiger partial charge in [0.15, 0.2) is 0 Å².